The number of nitrogens with two attached hydrogens (primary N) is 2. The van der Waals surface area contributed by atoms with Crippen LogP contribution in [0.4, 0.5) is 4.39 Å². The van der Waals surface area contributed by atoms with E-state index in [1.807, 2.05) is 36.7 Å². The lowest BCUT2D eigenvalue weighted by atomic mass is 9.87. The molecule has 3 aromatic carbocycles. The Morgan fingerprint density at radius 1 is 1.03 bits per heavy atom. The van der Waals surface area contributed by atoms with E-state index in [0.29, 0.717) is 23.2 Å². The number of carbonyl (C=O) groups excluding carboxylic acids is 1. The lowest BCUT2D eigenvalue weighted by molar-refractivity contribution is 0.112. The number of aldehydes is 1. The molecule has 36 heavy (non-hydrogen) atoms. The summed E-state index contributed by atoms with van der Waals surface area (Å²) in [6.45, 7) is 6.98. The van der Waals surface area contributed by atoms with E-state index in [9.17, 15) is 9.18 Å². The number of aromatic amines is 1. The van der Waals surface area contributed by atoms with Crippen LogP contribution in [0.2, 0.25) is 0 Å². The minimum atomic E-state index is -0.319. The SMILES string of the molecule is C=CN.Cc1ccc(O)c(C)c1F.NCCC(c1ccc(C=O)cc1)c1ccc(-c2cn[nH]c2)cc1. The van der Waals surface area contributed by atoms with Crippen molar-refractivity contribution >= 4 is 6.29 Å². The number of carbonyl (C=O) groups is 1. The van der Waals surface area contributed by atoms with Crippen LogP contribution in [-0.2, 0) is 0 Å². The van der Waals surface area contributed by atoms with Crippen LogP contribution in [0.5, 0.6) is 5.75 Å². The van der Waals surface area contributed by atoms with E-state index in [2.05, 4.69) is 46.8 Å². The molecule has 7 heteroatoms. The molecule has 0 radical (unpaired) electrons. The normalized spacial score (nSPS) is 10.8. The summed E-state index contributed by atoms with van der Waals surface area (Å²) in [5, 5.41) is 15.8. The van der Waals surface area contributed by atoms with Crippen molar-refractivity contribution in [2.45, 2.75) is 26.2 Å². The predicted octanol–water partition coefficient (Wildman–Crippen LogP) is 5.61. The molecule has 0 bridgehead atoms. The monoisotopic (exact) mass is 488 g/mol. The number of H-pyrrole nitrogens is 1. The Hall–Kier alpha value is -4.23. The average molecular weight is 489 g/mol. The topological polar surface area (TPSA) is 118 Å². The molecule has 4 aromatic rings. The highest BCUT2D eigenvalue weighted by molar-refractivity contribution is 5.74. The van der Waals surface area contributed by atoms with E-state index in [0.717, 1.165) is 23.8 Å². The summed E-state index contributed by atoms with van der Waals surface area (Å²) in [4.78, 5) is 10.8. The number of aromatic hydroxyl groups is 1. The second kappa shape index (κ2) is 14.2. The van der Waals surface area contributed by atoms with Crippen molar-refractivity contribution in [2.24, 2.45) is 11.5 Å². The first-order valence-electron chi connectivity index (χ1n) is 11.5. The lowest BCUT2D eigenvalue weighted by Crippen LogP contribution is -2.09. The van der Waals surface area contributed by atoms with Gasteiger partial charge in [0.1, 0.15) is 17.9 Å². The quantitative estimate of drug-likeness (QED) is 0.263. The molecule has 0 saturated carbocycles. The second-order valence-electron chi connectivity index (χ2n) is 8.10. The van der Waals surface area contributed by atoms with Crippen molar-refractivity contribution in [3.8, 4) is 16.9 Å². The number of hydrogen-bond acceptors (Lipinski definition) is 5. The van der Waals surface area contributed by atoms with E-state index in [1.54, 1.807) is 19.9 Å². The summed E-state index contributed by atoms with van der Waals surface area (Å²) in [6, 6.07) is 19.2. The van der Waals surface area contributed by atoms with Crippen LogP contribution in [0, 0.1) is 19.7 Å². The fourth-order valence-electron chi connectivity index (χ4n) is 3.63. The van der Waals surface area contributed by atoms with Gasteiger partial charge in [-0.25, -0.2) is 4.39 Å². The molecular weight excluding hydrogens is 455 g/mol. The molecule has 0 aliphatic rings. The molecule has 1 aromatic heterocycles. The number of phenolic OH excluding ortho intramolecular Hbond substituents is 1. The Kier molecular flexibility index (Phi) is 11.1. The molecule has 6 nitrogen and oxygen atoms in total. The van der Waals surface area contributed by atoms with Crippen LogP contribution >= 0.6 is 0 Å². The fraction of sp³-hybridized carbons (Fsp3) is 0.172. The summed E-state index contributed by atoms with van der Waals surface area (Å²) in [6.07, 6.45) is 6.67. The zero-order valence-corrected chi connectivity index (χ0v) is 20.6. The number of halogens is 1. The highest BCUT2D eigenvalue weighted by Crippen LogP contribution is 2.29. The molecule has 0 aliphatic carbocycles. The fourth-order valence-corrected chi connectivity index (χ4v) is 3.63. The molecular formula is C29H33FN4O2. The van der Waals surface area contributed by atoms with Crippen molar-refractivity contribution < 1.29 is 14.3 Å². The molecule has 4 rings (SSSR count). The van der Waals surface area contributed by atoms with E-state index in [-0.39, 0.29) is 17.5 Å². The van der Waals surface area contributed by atoms with Gasteiger partial charge in [-0.2, -0.15) is 5.10 Å². The largest absolute Gasteiger partial charge is 0.508 e. The van der Waals surface area contributed by atoms with Gasteiger partial charge in [-0.1, -0.05) is 61.2 Å². The molecule has 6 N–H and O–H groups in total. The van der Waals surface area contributed by atoms with Crippen LogP contribution in [0.1, 0.15) is 45.0 Å². The Labute approximate surface area is 211 Å². The first-order valence-corrected chi connectivity index (χ1v) is 11.5. The Bertz CT molecular complexity index is 1190. The second-order valence-corrected chi connectivity index (χ2v) is 8.10. The standard InChI is InChI=1S/C19H19N3O.C8H9FO.C2H5N/c20-10-9-19(16-3-1-14(13-23)2-4-16)17-7-5-15(6-8-17)18-11-21-22-12-18;1-5-3-4-7(10)6(2)8(5)9;1-2-3/h1-8,11-13,19H,9-10,20H2,(H,21,22);3-4,10H,1-2H3;2H,1,3H2. The summed E-state index contributed by atoms with van der Waals surface area (Å²) >= 11 is 0. The third-order valence-corrected chi connectivity index (χ3v) is 5.63. The molecule has 1 atom stereocenters. The number of benzene rings is 3. The molecule has 0 aliphatic heterocycles. The predicted molar refractivity (Wildman–Crippen MR) is 143 cm³/mol. The number of rotatable bonds is 6. The van der Waals surface area contributed by atoms with E-state index >= 15 is 0 Å². The Morgan fingerprint density at radius 2 is 1.61 bits per heavy atom. The molecule has 188 valence electrons. The molecule has 0 amide bonds. The smallest absolute Gasteiger partial charge is 0.150 e. The Morgan fingerprint density at radius 3 is 2.08 bits per heavy atom. The summed E-state index contributed by atoms with van der Waals surface area (Å²) in [7, 11) is 0. The summed E-state index contributed by atoms with van der Waals surface area (Å²) in [5.41, 5.74) is 16.6. The number of aryl methyl sites for hydroxylation is 1. The number of hydrogen-bond donors (Lipinski definition) is 4. The number of nitrogens with one attached hydrogen (secondary N) is 1. The van der Waals surface area contributed by atoms with Crippen LogP contribution in [-0.4, -0.2) is 28.1 Å². The van der Waals surface area contributed by atoms with Gasteiger partial charge in [-0.15, -0.1) is 0 Å². The number of phenols is 1. The van der Waals surface area contributed by atoms with Crippen molar-refractivity contribution in [3.63, 3.8) is 0 Å². The van der Waals surface area contributed by atoms with Gasteiger partial charge in [0.15, 0.2) is 0 Å². The van der Waals surface area contributed by atoms with Crippen LogP contribution in [0.25, 0.3) is 11.1 Å². The average Bonchev–Trinajstić information content (AvgIpc) is 3.45. The zero-order valence-electron chi connectivity index (χ0n) is 20.6. The van der Waals surface area contributed by atoms with Gasteiger partial charge in [0.2, 0.25) is 0 Å². The maximum atomic E-state index is 12.8. The first-order chi connectivity index (χ1) is 17.4. The maximum Gasteiger partial charge on any atom is 0.150 e. The van der Waals surface area contributed by atoms with Gasteiger partial charge in [0.05, 0.1) is 6.20 Å². The number of nitrogens with zero attached hydrogens (tertiary/aromatic N) is 1. The van der Waals surface area contributed by atoms with Crippen molar-refractivity contribution in [1.82, 2.24) is 10.2 Å². The van der Waals surface area contributed by atoms with E-state index in [1.165, 1.54) is 23.4 Å². The third kappa shape index (κ3) is 7.65. The van der Waals surface area contributed by atoms with Crippen LogP contribution in [0.3, 0.4) is 0 Å². The number of aromatic nitrogens is 2. The Balaban J connectivity index is 0.000000292. The molecule has 1 heterocycles. The van der Waals surface area contributed by atoms with E-state index in [4.69, 9.17) is 10.8 Å². The van der Waals surface area contributed by atoms with Gasteiger partial charge in [-0.05, 0) is 61.3 Å². The highest BCUT2D eigenvalue weighted by atomic mass is 19.1. The maximum absolute atomic E-state index is 12.8. The summed E-state index contributed by atoms with van der Waals surface area (Å²) < 4.78 is 12.8. The van der Waals surface area contributed by atoms with Gasteiger partial charge in [0, 0.05) is 28.8 Å². The first kappa shape index (κ1) is 28.0. The lowest BCUT2D eigenvalue weighted by Gasteiger charge is -2.18. The molecule has 0 saturated heterocycles. The zero-order chi connectivity index (χ0) is 26.5. The van der Waals surface area contributed by atoms with Crippen molar-refractivity contribution in [2.75, 3.05) is 6.54 Å². The summed E-state index contributed by atoms with van der Waals surface area (Å²) in [5.74, 6) is -0.0674. The minimum Gasteiger partial charge on any atom is -0.508 e. The highest BCUT2D eigenvalue weighted by Gasteiger charge is 2.14. The van der Waals surface area contributed by atoms with Crippen molar-refractivity contribution in [3.05, 3.63) is 119 Å². The van der Waals surface area contributed by atoms with Gasteiger partial charge in [0.25, 0.3) is 0 Å². The minimum absolute atomic E-state index is 0.0168. The van der Waals surface area contributed by atoms with E-state index < -0.39 is 0 Å². The molecule has 0 fully saturated rings. The van der Waals surface area contributed by atoms with Crippen molar-refractivity contribution in [1.29, 1.82) is 0 Å². The van der Waals surface area contributed by atoms with Gasteiger partial charge >= 0.3 is 0 Å². The molecule has 0 spiro atoms. The van der Waals surface area contributed by atoms with Crippen LogP contribution in [0.15, 0.2) is 85.8 Å². The van der Waals surface area contributed by atoms with Gasteiger partial charge in [-0.3, -0.25) is 9.89 Å². The van der Waals surface area contributed by atoms with Crippen LogP contribution < -0.4 is 11.5 Å². The third-order valence-electron chi connectivity index (χ3n) is 5.63. The van der Waals surface area contributed by atoms with Gasteiger partial charge < -0.3 is 16.6 Å². The molecule has 1 unspecified atom stereocenters.